The van der Waals surface area contributed by atoms with Crippen molar-refractivity contribution in [3.8, 4) is 0 Å². The first-order chi connectivity index (χ1) is 7.80. The van der Waals surface area contributed by atoms with Gasteiger partial charge in [-0.2, -0.15) is 0 Å². The molecule has 0 unspecified atom stereocenters. The van der Waals surface area contributed by atoms with Crippen LogP contribution in [0.25, 0.3) is 0 Å². The molecule has 0 saturated heterocycles. The average molecular weight is 259 g/mol. The van der Waals surface area contributed by atoms with Gasteiger partial charge in [0.15, 0.2) is 0 Å². The maximum absolute atomic E-state index is 10.9. The van der Waals surface area contributed by atoms with Crippen LogP contribution in [0.1, 0.15) is 38.1 Å². The standard InChI is InChI=1S/C10H18N3O3P/c1-7(2)10-12-5-9(6-13-10)4-11-8(3)17(14,15)16/h5-8,11H,4H2,1-3H3,(H2,14,15,16)/t8-/m0/s1. The molecule has 0 aliphatic carbocycles. The third kappa shape index (κ3) is 4.52. The normalized spacial score (nSPS) is 14.0. The predicted molar refractivity (Wildman–Crippen MR) is 64.5 cm³/mol. The monoisotopic (exact) mass is 259 g/mol. The molecular weight excluding hydrogens is 241 g/mol. The summed E-state index contributed by atoms with van der Waals surface area (Å²) in [5, 5.41) is 2.74. The van der Waals surface area contributed by atoms with Gasteiger partial charge in [-0.05, 0) is 6.92 Å². The molecule has 0 spiro atoms. The van der Waals surface area contributed by atoms with E-state index in [1.807, 2.05) is 13.8 Å². The van der Waals surface area contributed by atoms with Crippen LogP contribution in [0.5, 0.6) is 0 Å². The maximum atomic E-state index is 10.9. The molecule has 1 aromatic rings. The Morgan fingerprint density at radius 3 is 2.24 bits per heavy atom. The van der Waals surface area contributed by atoms with Crippen molar-refractivity contribution in [3.63, 3.8) is 0 Å². The highest BCUT2D eigenvalue weighted by Crippen LogP contribution is 2.39. The van der Waals surface area contributed by atoms with Crippen molar-refractivity contribution in [3.05, 3.63) is 23.8 Å². The average Bonchev–Trinajstić information content (AvgIpc) is 2.25. The van der Waals surface area contributed by atoms with Crippen LogP contribution in [0, 0.1) is 0 Å². The third-order valence-electron chi connectivity index (χ3n) is 2.35. The van der Waals surface area contributed by atoms with Gasteiger partial charge < -0.3 is 9.79 Å². The summed E-state index contributed by atoms with van der Waals surface area (Å²) in [6, 6.07) is 0. The lowest BCUT2D eigenvalue weighted by atomic mass is 10.2. The summed E-state index contributed by atoms with van der Waals surface area (Å²) < 4.78 is 10.9. The van der Waals surface area contributed by atoms with Gasteiger partial charge in [0, 0.05) is 30.4 Å². The second kappa shape index (κ2) is 5.69. The minimum absolute atomic E-state index is 0.269. The Morgan fingerprint density at radius 2 is 1.82 bits per heavy atom. The number of rotatable bonds is 5. The zero-order valence-electron chi connectivity index (χ0n) is 10.2. The van der Waals surface area contributed by atoms with E-state index in [0.717, 1.165) is 11.4 Å². The fraction of sp³-hybridized carbons (Fsp3) is 0.600. The fourth-order valence-electron chi connectivity index (χ4n) is 1.14. The molecule has 0 amide bonds. The summed E-state index contributed by atoms with van der Waals surface area (Å²) in [6.07, 6.45) is 3.34. The lowest BCUT2D eigenvalue weighted by Crippen LogP contribution is -2.25. The molecule has 17 heavy (non-hydrogen) atoms. The molecular formula is C10H18N3O3P. The van der Waals surface area contributed by atoms with E-state index in [2.05, 4.69) is 15.3 Å². The second-order valence-electron chi connectivity index (χ2n) is 4.25. The van der Waals surface area contributed by atoms with Crippen LogP contribution in [0.4, 0.5) is 0 Å². The number of nitrogens with one attached hydrogen (secondary N) is 1. The molecule has 0 aliphatic heterocycles. The van der Waals surface area contributed by atoms with E-state index in [1.54, 1.807) is 12.4 Å². The predicted octanol–water partition coefficient (Wildman–Crippen LogP) is 1.21. The molecule has 1 rings (SSSR count). The highest BCUT2D eigenvalue weighted by atomic mass is 31.2. The van der Waals surface area contributed by atoms with Crippen molar-refractivity contribution < 1.29 is 14.4 Å². The lowest BCUT2D eigenvalue weighted by molar-refractivity contribution is 0.350. The molecule has 96 valence electrons. The zero-order chi connectivity index (χ0) is 13.1. The summed E-state index contributed by atoms with van der Waals surface area (Å²) in [5.41, 5.74) is 0.801. The van der Waals surface area contributed by atoms with Crippen molar-refractivity contribution in [1.82, 2.24) is 15.3 Å². The third-order valence-corrected chi connectivity index (χ3v) is 3.54. The van der Waals surface area contributed by atoms with E-state index in [1.165, 1.54) is 6.92 Å². The Balaban J connectivity index is 2.56. The smallest absolute Gasteiger partial charge is 0.323 e. The van der Waals surface area contributed by atoms with E-state index < -0.39 is 13.4 Å². The van der Waals surface area contributed by atoms with Gasteiger partial charge in [-0.3, -0.25) is 9.88 Å². The first kappa shape index (κ1) is 14.3. The summed E-state index contributed by atoms with van der Waals surface area (Å²) in [5.74, 6) is 0.162. The van der Waals surface area contributed by atoms with Gasteiger partial charge >= 0.3 is 7.60 Å². The Hall–Kier alpha value is -0.810. The van der Waals surface area contributed by atoms with Gasteiger partial charge in [0.1, 0.15) is 11.6 Å². The molecule has 1 atom stereocenters. The van der Waals surface area contributed by atoms with Crippen molar-refractivity contribution in [2.75, 3.05) is 0 Å². The quantitative estimate of drug-likeness (QED) is 0.688. The molecule has 0 aliphatic rings. The van der Waals surface area contributed by atoms with Crippen molar-refractivity contribution >= 4 is 7.60 Å². The van der Waals surface area contributed by atoms with Crippen LogP contribution >= 0.6 is 7.60 Å². The molecule has 0 fully saturated rings. The molecule has 0 bridgehead atoms. The fourth-order valence-corrected chi connectivity index (χ4v) is 1.47. The number of aromatic nitrogens is 2. The van der Waals surface area contributed by atoms with Crippen LogP contribution in [-0.4, -0.2) is 25.5 Å². The van der Waals surface area contributed by atoms with Crippen LogP contribution in [0.2, 0.25) is 0 Å². The molecule has 1 aromatic heterocycles. The van der Waals surface area contributed by atoms with Gasteiger partial charge in [0.2, 0.25) is 0 Å². The van der Waals surface area contributed by atoms with E-state index in [4.69, 9.17) is 9.79 Å². The van der Waals surface area contributed by atoms with Crippen LogP contribution in [0.3, 0.4) is 0 Å². The van der Waals surface area contributed by atoms with Gasteiger partial charge in [-0.1, -0.05) is 13.8 Å². The van der Waals surface area contributed by atoms with Gasteiger partial charge in [-0.15, -0.1) is 0 Å². The highest BCUT2D eigenvalue weighted by molar-refractivity contribution is 7.52. The number of hydrogen-bond acceptors (Lipinski definition) is 4. The topological polar surface area (TPSA) is 95.3 Å². The van der Waals surface area contributed by atoms with Gasteiger partial charge in [-0.25, -0.2) is 9.97 Å². The van der Waals surface area contributed by atoms with E-state index >= 15 is 0 Å². The Morgan fingerprint density at radius 1 is 1.29 bits per heavy atom. The molecule has 1 heterocycles. The van der Waals surface area contributed by atoms with Crippen molar-refractivity contribution in [2.24, 2.45) is 0 Å². The maximum Gasteiger partial charge on any atom is 0.342 e. The second-order valence-corrected chi connectivity index (χ2v) is 6.20. The van der Waals surface area contributed by atoms with E-state index in [9.17, 15) is 4.57 Å². The molecule has 0 radical (unpaired) electrons. The summed E-state index contributed by atoms with van der Waals surface area (Å²) in [6.45, 7) is 5.79. The summed E-state index contributed by atoms with van der Waals surface area (Å²) >= 11 is 0. The van der Waals surface area contributed by atoms with E-state index in [-0.39, 0.29) is 5.92 Å². The minimum atomic E-state index is -4.07. The first-order valence-corrected chi connectivity index (χ1v) is 7.08. The van der Waals surface area contributed by atoms with Gasteiger partial charge in [0.05, 0.1) is 0 Å². The zero-order valence-corrected chi connectivity index (χ0v) is 11.1. The molecule has 0 saturated carbocycles. The first-order valence-electron chi connectivity index (χ1n) is 5.40. The molecule has 3 N–H and O–H groups in total. The largest absolute Gasteiger partial charge is 0.342 e. The summed E-state index contributed by atoms with van der Waals surface area (Å²) in [4.78, 5) is 26.1. The number of hydrogen-bond donors (Lipinski definition) is 3. The van der Waals surface area contributed by atoms with E-state index in [0.29, 0.717) is 6.54 Å². The van der Waals surface area contributed by atoms with Crippen LogP contribution in [-0.2, 0) is 11.1 Å². The Labute approximate surface area is 101 Å². The Bertz CT molecular complexity index is 402. The number of nitrogens with zero attached hydrogens (tertiary/aromatic N) is 2. The minimum Gasteiger partial charge on any atom is -0.323 e. The lowest BCUT2D eigenvalue weighted by Gasteiger charge is -2.15. The van der Waals surface area contributed by atoms with Crippen LogP contribution < -0.4 is 5.32 Å². The molecule has 0 aromatic carbocycles. The SMILES string of the molecule is CC(C)c1ncc(CN[C@H](C)P(=O)(O)O)cn1. The molecule has 6 nitrogen and oxygen atoms in total. The molecule has 7 heteroatoms. The highest BCUT2D eigenvalue weighted by Gasteiger charge is 2.22. The van der Waals surface area contributed by atoms with Crippen LogP contribution in [0.15, 0.2) is 12.4 Å². The Kier molecular flexibility index (Phi) is 4.77. The summed E-state index contributed by atoms with van der Waals surface area (Å²) in [7, 11) is -4.07. The van der Waals surface area contributed by atoms with Crippen molar-refractivity contribution in [1.29, 1.82) is 0 Å². The van der Waals surface area contributed by atoms with Gasteiger partial charge in [0.25, 0.3) is 0 Å². The van der Waals surface area contributed by atoms with Crippen molar-refractivity contribution in [2.45, 2.75) is 39.0 Å².